The number of benzene rings is 1. The predicted molar refractivity (Wildman–Crippen MR) is 78.9 cm³/mol. The SMILES string of the molecule is CCC(CCN1CCC(C)CC1)c1ccccc1. The van der Waals surface area contributed by atoms with E-state index < -0.39 is 0 Å². The van der Waals surface area contributed by atoms with Gasteiger partial charge in [-0.05, 0) is 62.7 Å². The van der Waals surface area contributed by atoms with Crippen LogP contribution in [-0.4, -0.2) is 24.5 Å². The van der Waals surface area contributed by atoms with Crippen molar-refractivity contribution in [3.8, 4) is 0 Å². The van der Waals surface area contributed by atoms with Crippen LogP contribution in [-0.2, 0) is 0 Å². The van der Waals surface area contributed by atoms with Gasteiger partial charge in [-0.2, -0.15) is 0 Å². The molecule has 1 nitrogen and oxygen atoms in total. The lowest BCUT2D eigenvalue weighted by Gasteiger charge is -2.31. The maximum absolute atomic E-state index is 2.66. The maximum atomic E-state index is 2.66. The van der Waals surface area contributed by atoms with Crippen LogP contribution in [0.3, 0.4) is 0 Å². The molecule has 0 N–H and O–H groups in total. The van der Waals surface area contributed by atoms with Crippen LogP contribution < -0.4 is 0 Å². The molecule has 0 radical (unpaired) electrons. The lowest BCUT2D eigenvalue weighted by atomic mass is 9.92. The van der Waals surface area contributed by atoms with Crippen molar-refractivity contribution in [2.75, 3.05) is 19.6 Å². The first-order chi connectivity index (χ1) is 8.79. The van der Waals surface area contributed by atoms with Gasteiger partial charge in [0.05, 0.1) is 0 Å². The zero-order valence-corrected chi connectivity index (χ0v) is 11.9. The van der Waals surface area contributed by atoms with E-state index in [2.05, 4.69) is 49.1 Å². The maximum Gasteiger partial charge on any atom is -0.00129 e. The Morgan fingerprint density at radius 2 is 1.83 bits per heavy atom. The lowest BCUT2D eigenvalue weighted by Crippen LogP contribution is -2.34. The molecule has 18 heavy (non-hydrogen) atoms. The van der Waals surface area contributed by atoms with E-state index in [0.717, 1.165) is 11.8 Å². The molecule has 100 valence electrons. The fraction of sp³-hybridized carbons (Fsp3) is 0.647. The van der Waals surface area contributed by atoms with Crippen LogP contribution in [0.1, 0.15) is 51.0 Å². The smallest absolute Gasteiger partial charge is 0.00129 e. The monoisotopic (exact) mass is 245 g/mol. The van der Waals surface area contributed by atoms with Gasteiger partial charge in [0.25, 0.3) is 0 Å². The van der Waals surface area contributed by atoms with Gasteiger partial charge < -0.3 is 4.90 Å². The molecular formula is C17H27N. The van der Waals surface area contributed by atoms with Crippen molar-refractivity contribution in [1.82, 2.24) is 4.90 Å². The molecule has 1 atom stereocenters. The summed E-state index contributed by atoms with van der Waals surface area (Å²) in [7, 11) is 0. The number of piperidine rings is 1. The Morgan fingerprint density at radius 3 is 2.44 bits per heavy atom. The summed E-state index contributed by atoms with van der Waals surface area (Å²) in [6, 6.07) is 11.0. The first kappa shape index (κ1) is 13.6. The molecule has 0 saturated carbocycles. The molecule has 1 unspecified atom stereocenters. The van der Waals surface area contributed by atoms with E-state index in [0.29, 0.717) is 0 Å². The fourth-order valence-electron chi connectivity index (χ4n) is 2.96. The first-order valence-electron chi connectivity index (χ1n) is 7.57. The van der Waals surface area contributed by atoms with Gasteiger partial charge in [0, 0.05) is 0 Å². The van der Waals surface area contributed by atoms with Crippen molar-refractivity contribution in [3.63, 3.8) is 0 Å². The van der Waals surface area contributed by atoms with E-state index in [1.807, 2.05) is 0 Å². The second-order valence-corrected chi connectivity index (χ2v) is 5.83. The molecule has 0 amide bonds. The fourth-order valence-corrected chi connectivity index (χ4v) is 2.96. The molecular weight excluding hydrogens is 218 g/mol. The van der Waals surface area contributed by atoms with Gasteiger partial charge in [-0.1, -0.05) is 44.2 Å². The number of hydrogen-bond donors (Lipinski definition) is 0. The highest BCUT2D eigenvalue weighted by atomic mass is 15.1. The Balaban J connectivity index is 1.81. The van der Waals surface area contributed by atoms with Crippen molar-refractivity contribution in [2.45, 2.75) is 45.4 Å². The number of hydrogen-bond acceptors (Lipinski definition) is 1. The van der Waals surface area contributed by atoms with Crippen LogP contribution in [0, 0.1) is 5.92 Å². The minimum absolute atomic E-state index is 0.741. The minimum Gasteiger partial charge on any atom is -0.303 e. The van der Waals surface area contributed by atoms with E-state index in [4.69, 9.17) is 0 Å². The molecule has 1 heteroatoms. The summed E-state index contributed by atoms with van der Waals surface area (Å²) in [5, 5.41) is 0. The molecule has 0 aromatic heterocycles. The highest BCUT2D eigenvalue weighted by Gasteiger charge is 2.17. The van der Waals surface area contributed by atoms with Gasteiger partial charge in [0.1, 0.15) is 0 Å². The third kappa shape index (κ3) is 3.84. The number of rotatable bonds is 5. The third-order valence-electron chi connectivity index (χ3n) is 4.43. The van der Waals surface area contributed by atoms with E-state index in [-0.39, 0.29) is 0 Å². The Hall–Kier alpha value is -0.820. The van der Waals surface area contributed by atoms with Crippen molar-refractivity contribution >= 4 is 0 Å². The van der Waals surface area contributed by atoms with Gasteiger partial charge in [-0.3, -0.25) is 0 Å². The molecule has 0 aliphatic carbocycles. The molecule has 1 saturated heterocycles. The molecule has 1 aromatic carbocycles. The summed E-state index contributed by atoms with van der Waals surface area (Å²) in [6.45, 7) is 8.60. The van der Waals surface area contributed by atoms with Crippen LogP contribution in [0.4, 0.5) is 0 Å². The summed E-state index contributed by atoms with van der Waals surface area (Å²) >= 11 is 0. The van der Waals surface area contributed by atoms with E-state index in [9.17, 15) is 0 Å². The van der Waals surface area contributed by atoms with Crippen LogP contribution in [0.25, 0.3) is 0 Å². The third-order valence-corrected chi connectivity index (χ3v) is 4.43. The predicted octanol–water partition coefficient (Wildman–Crippen LogP) is 4.30. The van der Waals surface area contributed by atoms with E-state index in [1.54, 1.807) is 0 Å². The molecule has 1 aromatic rings. The van der Waals surface area contributed by atoms with Gasteiger partial charge in [-0.15, -0.1) is 0 Å². The average molecular weight is 245 g/mol. The second kappa shape index (κ2) is 6.94. The summed E-state index contributed by atoms with van der Waals surface area (Å²) in [4.78, 5) is 2.66. The Morgan fingerprint density at radius 1 is 1.17 bits per heavy atom. The summed E-state index contributed by atoms with van der Waals surface area (Å²) in [5.41, 5.74) is 1.52. The standard InChI is InChI=1S/C17H27N/c1-3-16(17-7-5-4-6-8-17)11-14-18-12-9-15(2)10-13-18/h4-8,15-16H,3,9-14H2,1-2H3. The van der Waals surface area contributed by atoms with Crippen molar-refractivity contribution in [3.05, 3.63) is 35.9 Å². The number of nitrogens with zero attached hydrogens (tertiary/aromatic N) is 1. The van der Waals surface area contributed by atoms with Crippen LogP contribution in [0.5, 0.6) is 0 Å². The molecule has 1 fully saturated rings. The molecule has 2 rings (SSSR count). The quantitative estimate of drug-likeness (QED) is 0.747. The highest BCUT2D eigenvalue weighted by molar-refractivity contribution is 5.19. The topological polar surface area (TPSA) is 3.24 Å². The van der Waals surface area contributed by atoms with Crippen molar-refractivity contribution in [2.24, 2.45) is 5.92 Å². The minimum atomic E-state index is 0.741. The van der Waals surface area contributed by atoms with E-state index in [1.165, 1.54) is 50.9 Å². The summed E-state index contributed by atoms with van der Waals surface area (Å²) < 4.78 is 0. The molecule has 1 heterocycles. The van der Waals surface area contributed by atoms with Gasteiger partial charge in [-0.25, -0.2) is 0 Å². The van der Waals surface area contributed by atoms with Crippen LogP contribution in [0.15, 0.2) is 30.3 Å². The largest absolute Gasteiger partial charge is 0.303 e. The Kier molecular flexibility index (Phi) is 5.25. The summed E-state index contributed by atoms with van der Waals surface area (Å²) in [5.74, 6) is 1.68. The normalized spacial score (nSPS) is 19.9. The van der Waals surface area contributed by atoms with Crippen molar-refractivity contribution < 1.29 is 0 Å². The van der Waals surface area contributed by atoms with Crippen LogP contribution in [0.2, 0.25) is 0 Å². The molecule has 0 bridgehead atoms. The zero-order valence-electron chi connectivity index (χ0n) is 11.9. The van der Waals surface area contributed by atoms with E-state index >= 15 is 0 Å². The lowest BCUT2D eigenvalue weighted by molar-refractivity contribution is 0.186. The first-order valence-corrected chi connectivity index (χ1v) is 7.57. The molecule has 1 aliphatic heterocycles. The van der Waals surface area contributed by atoms with Crippen molar-refractivity contribution in [1.29, 1.82) is 0 Å². The van der Waals surface area contributed by atoms with Gasteiger partial charge in [0.2, 0.25) is 0 Å². The summed E-state index contributed by atoms with van der Waals surface area (Å²) in [6.07, 6.45) is 5.35. The van der Waals surface area contributed by atoms with Crippen LogP contribution >= 0.6 is 0 Å². The van der Waals surface area contributed by atoms with Gasteiger partial charge >= 0.3 is 0 Å². The zero-order chi connectivity index (χ0) is 12.8. The second-order valence-electron chi connectivity index (χ2n) is 5.83. The van der Waals surface area contributed by atoms with Gasteiger partial charge in [0.15, 0.2) is 0 Å². The Labute approximate surface area is 112 Å². The Bertz CT molecular complexity index is 325. The number of likely N-dealkylation sites (tertiary alicyclic amines) is 1. The molecule has 0 spiro atoms. The highest BCUT2D eigenvalue weighted by Crippen LogP contribution is 2.24. The molecule has 1 aliphatic rings. The average Bonchev–Trinajstić information content (AvgIpc) is 2.43.